The number of nitriles is 1. The predicted octanol–water partition coefficient (Wildman–Crippen LogP) is 3.40. The van der Waals surface area contributed by atoms with Crippen molar-refractivity contribution in [2.75, 3.05) is 7.05 Å². The van der Waals surface area contributed by atoms with E-state index >= 15 is 0 Å². The minimum Gasteiger partial charge on any atom is -0.489 e. The number of rotatable bonds is 6. The molecule has 0 bridgehead atoms. The van der Waals surface area contributed by atoms with E-state index in [0.29, 0.717) is 18.1 Å². The number of hydrogen-bond acceptors (Lipinski definition) is 5. The van der Waals surface area contributed by atoms with Gasteiger partial charge >= 0.3 is 5.97 Å². The van der Waals surface area contributed by atoms with Gasteiger partial charge in [-0.3, -0.25) is 4.79 Å². The summed E-state index contributed by atoms with van der Waals surface area (Å²) in [4.78, 5) is 16.1. The molecule has 5 nitrogen and oxygen atoms in total. The number of nitrogens with zero attached hydrogens (tertiary/aromatic N) is 2. The van der Waals surface area contributed by atoms with E-state index in [1.807, 2.05) is 24.3 Å². The van der Waals surface area contributed by atoms with E-state index in [1.165, 1.54) is 12.5 Å². The fourth-order valence-corrected chi connectivity index (χ4v) is 2.87. The lowest BCUT2D eigenvalue weighted by atomic mass is 10.1. The molecule has 2 atom stereocenters. The molecule has 0 aliphatic heterocycles. The van der Waals surface area contributed by atoms with Crippen molar-refractivity contribution in [3.8, 4) is 11.8 Å². The summed E-state index contributed by atoms with van der Waals surface area (Å²) in [6.45, 7) is 1.88. The summed E-state index contributed by atoms with van der Waals surface area (Å²) in [5.74, 6) is 0.898. The van der Waals surface area contributed by atoms with Crippen molar-refractivity contribution in [1.29, 1.82) is 5.26 Å². The van der Waals surface area contributed by atoms with Crippen LogP contribution in [0.3, 0.4) is 0 Å². The van der Waals surface area contributed by atoms with E-state index in [2.05, 4.69) is 18.2 Å². The molecule has 3 rings (SSSR count). The molecule has 1 aliphatic carbocycles. The van der Waals surface area contributed by atoms with Crippen molar-refractivity contribution in [2.45, 2.75) is 31.9 Å². The van der Waals surface area contributed by atoms with Gasteiger partial charge in [0.05, 0.1) is 17.7 Å². The molecule has 5 heteroatoms. The molecule has 1 aliphatic rings. The van der Waals surface area contributed by atoms with Crippen molar-refractivity contribution in [2.24, 2.45) is 0 Å². The first-order valence-electron chi connectivity index (χ1n) is 8.20. The van der Waals surface area contributed by atoms with Crippen molar-refractivity contribution in [1.82, 2.24) is 5.06 Å². The van der Waals surface area contributed by atoms with Gasteiger partial charge in [-0.15, -0.1) is 5.06 Å². The Morgan fingerprint density at radius 2 is 1.88 bits per heavy atom. The maximum absolute atomic E-state index is 11.0. The number of hydrogen-bond donors (Lipinski definition) is 0. The molecule has 25 heavy (non-hydrogen) atoms. The highest BCUT2D eigenvalue weighted by atomic mass is 16.7. The molecular formula is C20H20N2O3. The Balaban J connectivity index is 1.52. The summed E-state index contributed by atoms with van der Waals surface area (Å²) in [7, 11) is 1.79. The van der Waals surface area contributed by atoms with E-state index in [9.17, 15) is 4.79 Å². The van der Waals surface area contributed by atoms with Gasteiger partial charge in [0.2, 0.25) is 0 Å². The van der Waals surface area contributed by atoms with Gasteiger partial charge < -0.3 is 9.57 Å². The van der Waals surface area contributed by atoms with E-state index in [4.69, 9.17) is 14.8 Å². The van der Waals surface area contributed by atoms with E-state index in [-0.39, 0.29) is 12.0 Å². The van der Waals surface area contributed by atoms with Crippen molar-refractivity contribution < 1.29 is 14.4 Å². The topological polar surface area (TPSA) is 62.6 Å². The molecule has 128 valence electrons. The molecule has 0 unspecified atom stereocenters. The van der Waals surface area contributed by atoms with Crippen LogP contribution >= 0.6 is 0 Å². The summed E-state index contributed by atoms with van der Waals surface area (Å²) >= 11 is 0. The predicted molar refractivity (Wildman–Crippen MR) is 92.6 cm³/mol. The molecule has 0 N–H and O–H groups in total. The molecule has 1 fully saturated rings. The van der Waals surface area contributed by atoms with Gasteiger partial charge in [0.1, 0.15) is 12.4 Å². The lowest BCUT2D eigenvalue weighted by Crippen LogP contribution is -2.24. The second kappa shape index (κ2) is 7.37. The van der Waals surface area contributed by atoms with Crippen LogP contribution in [0.4, 0.5) is 0 Å². The summed E-state index contributed by atoms with van der Waals surface area (Å²) in [5.41, 5.74) is 2.88. The highest BCUT2D eigenvalue weighted by Crippen LogP contribution is 2.44. The van der Waals surface area contributed by atoms with Crippen LogP contribution in [-0.4, -0.2) is 24.1 Å². The van der Waals surface area contributed by atoms with Crippen LogP contribution < -0.4 is 4.74 Å². The third kappa shape index (κ3) is 4.37. The summed E-state index contributed by atoms with van der Waals surface area (Å²) < 4.78 is 5.78. The number of ether oxygens (including phenoxy) is 1. The Hall–Kier alpha value is -2.84. The summed E-state index contributed by atoms with van der Waals surface area (Å²) in [6, 6.07) is 17.7. The molecule has 0 amide bonds. The minimum atomic E-state index is -0.292. The van der Waals surface area contributed by atoms with E-state index < -0.39 is 0 Å². The zero-order chi connectivity index (χ0) is 17.8. The van der Waals surface area contributed by atoms with Crippen molar-refractivity contribution in [3.63, 3.8) is 0 Å². The van der Waals surface area contributed by atoms with Gasteiger partial charge in [0.15, 0.2) is 0 Å². The maximum atomic E-state index is 11.0. The number of benzene rings is 2. The van der Waals surface area contributed by atoms with Crippen LogP contribution in [0.2, 0.25) is 0 Å². The Morgan fingerprint density at radius 3 is 2.48 bits per heavy atom. The van der Waals surface area contributed by atoms with Gasteiger partial charge in [-0.1, -0.05) is 24.3 Å². The van der Waals surface area contributed by atoms with Crippen LogP contribution in [0, 0.1) is 11.3 Å². The number of carbonyl (C=O) groups is 1. The highest BCUT2D eigenvalue weighted by molar-refractivity contribution is 5.65. The van der Waals surface area contributed by atoms with Crippen LogP contribution in [0.5, 0.6) is 5.75 Å². The molecule has 0 spiro atoms. The summed E-state index contributed by atoms with van der Waals surface area (Å²) in [6.07, 6.45) is 0.981. The normalized spacial score (nSPS) is 18.5. The monoisotopic (exact) mass is 336 g/mol. The fourth-order valence-electron chi connectivity index (χ4n) is 2.87. The molecule has 1 saturated carbocycles. The summed E-state index contributed by atoms with van der Waals surface area (Å²) in [5, 5.41) is 10.4. The molecule has 0 radical (unpaired) electrons. The molecular weight excluding hydrogens is 316 g/mol. The van der Waals surface area contributed by atoms with Gasteiger partial charge in [-0.25, -0.2) is 0 Å². The van der Waals surface area contributed by atoms with Gasteiger partial charge in [0.25, 0.3) is 0 Å². The SMILES string of the molecule is CC(=O)ON(C)[C@@H]1C[C@H]1c1ccc(OCc2ccc(C#N)cc2)cc1. The van der Waals surface area contributed by atoms with Gasteiger partial charge in [-0.05, 0) is 41.8 Å². The zero-order valence-corrected chi connectivity index (χ0v) is 14.3. The average Bonchev–Trinajstić information content (AvgIpc) is 3.41. The number of hydroxylamine groups is 2. The lowest BCUT2D eigenvalue weighted by molar-refractivity contribution is -0.183. The molecule has 0 aromatic heterocycles. The lowest BCUT2D eigenvalue weighted by Gasteiger charge is -2.15. The Bertz CT molecular complexity index is 778. The molecule has 0 heterocycles. The first kappa shape index (κ1) is 17.0. The van der Waals surface area contributed by atoms with Crippen LogP contribution in [0.25, 0.3) is 0 Å². The molecule has 2 aromatic rings. The zero-order valence-electron chi connectivity index (χ0n) is 14.3. The van der Waals surface area contributed by atoms with Gasteiger partial charge in [0, 0.05) is 19.9 Å². The second-order valence-corrected chi connectivity index (χ2v) is 6.21. The minimum absolute atomic E-state index is 0.245. The smallest absolute Gasteiger partial charge is 0.322 e. The number of likely N-dealkylation sites (N-methyl/N-ethyl adjacent to an activating group) is 1. The standard InChI is InChI=1S/C20H20N2O3/c1-14(23)25-22(2)20-11-19(20)17-7-9-18(10-8-17)24-13-16-5-3-15(12-21)4-6-16/h3-10,19-20H,11,13H2,1-2H3/t19-,20+/m0/s1. The molecule has 0 saturated heterocycles. The Morgan fingerprint density at radius 1 is 1.20 bits per heavy atom. The second-order valence-electron chi connectivity index (χ2n) is 6.21. The largest absolute Gasteiger partial charge is 0.489 e. The van der Waals surface area contributed by atoms with Crippen LogP contribution in [0.1, 0.15) is 36.0 Å². The number of carbonyl (C=O) groups excluding carboxylic acids is 1. The van der Waals surface area contributed by atoms with Crippen molar-refractivity contribution >= 4 is 5.97 Å². The highest BCUT2D eigenvalue weighted by Gasteiger charge is 2.43. The van der Waals surface area contributed by atoms with Crippen LogP contribution in [-0.2, 0) is 16.2 Å². The van der Waals surface area contributed by atoms with Crippen LogP contribution in [0.15, 0.2) is 48.5 Å². The third-order valence-corrected chi connectivity index (χ3v) is 4.29. The average molecular weight is 336 g/mol. The third-order valence-electron chi connectivity index (χ3n) is 4.29. The first-order valence-corrected chi connectivity index (χ1v) is 8.20. The van der Waals surface area contributed by atoms with Gasteiger partial charge in [-0.2, -0.15) is 5.26 Å². The van der Waals surface area contributed by atoms with E-state index in [1.54, 1.807) is 24.2 Å². The van der Waals surface area contributed by atoms with Crippen molar-refractivity contribution in [3.05, 3.63) is 65.2 Å². The Kier molecular flexibility index (Phi) is 5.01. The van der Waals surface area contributed by atoms with E-state index in [0.717, 1.165) is 17.7 Å². The quantitative estimate of drug-likeness (QED) is 0.757. The first-order chi connectivity index (χ1) is 12.1. The molecule has 2 aromatic carbocycles. The Labute approximate surface area is 147 Å². The maximum Gasteiger partial charge on any atom is 0.322 e. The fraction of sp³-hybridized carbons (Fsp3) is 0.300.